The SMILES string of the molecule is Cc1ncc(-c2ccc(C(=O)Nc3nc4cc(C(=O)N(C)Cc5ccccc5)ccc4n3CC(C)(C)O)s2)o1. The number of fused-ring (bicyclic) bond motifs is 1. The number of benzene rings is 2. The predicted octanol–water partition coefficient (Wildman–Crippen LogP) is 5.36. The first kappa shape index (κ1) is 26.3. The molecule has 0 atom stereocenters. The van der Waals surface area contributed by atoms with Gasteiger partial charge in [-0.1, -0.05) is 30.3 Å². The van der Waals surface area contributed by atoms with Gasteiger partial charge in [0.1, 0.15) is 0 Å². The van der Waals surface area contributed by atoms with Gasteiger partial charge in [-0.2, -0.15) is 0 Å². The maximum absolute atomic E-state index is 13.2. The molecule has 200 valence electrons. The lowest BCUT2D eigenvalue weighted by Crippen LogP contribution is -2.27. The van der Waals surface area contributed by atoms with Crippen LogP contribution in [-0.2, 0) is 13.1 Å². The molecule has 0 fully saturated rings. The largest absolute Gasteiger partial charge is 0.440 e. The number of oxazole rings is 1. The summed E-state index contributed by atoms with van der Waals surface area (Å²) >= 11 is 1.28. The normalized spacial score (nSPS) is 11.6. The number of nitrogens with one attached hydrogen (secondary N) is 1. The first-order valence-corrected chi connectivity index (χ1v) is 13.2. The molecule has 0 radical (unpaired) electrons. The summed E-state index contributed by atoms with van der Waals surface area (Å²) in [6.45, 7) is 5.80. The molecule has 0 aliphatic heterocycles. The van der Waals surface area contributed by atoms with Crippen molar-refractivity contribution in [2.45, 2.75) is 39.5 Å². The molecule has 10 heteroatoms. The number of hydrogen-bond donors (Lipinski definition) is 2. The molecule has 9 nitrogen and oxygen atoms in total. The summed E-state index contributed by atoms with van der Waals surface area (Å²) in [6, 6.07) is 18.5. The minimum Gasteiger partial charge on any atom is -0.440 e. The van der Waals surface area contributed by atoms with E-state index in [9.17, 15) is 14.7 Å². The van der Waals surface area contributed by atoms with Crippen molar-refractivity contribution in [3.63, 3.8) is 0 Å². The van der Waals surface area contributed by atoms with Crippen LogP contribution in [0.3, 0.4) is 0 Å². The minimum atomic E-state index is -1.07. The fourth-order valence-electron chi connectivity index (χ4n) is 4.29. The second kappa shape index (κ2) is 10.5. The van der Waals surface area contributed by atoms with Crippen LogP contribution in [0.5, 0.6) is 0 Å². The van der Waals surface area contributed by atoms with Gasteiger partial charge in [0.2, 0.25) is 5.95 Å². The third kappa shape index (κ3) is 5.92. The van der Waals surface area contributed by atoms with Gasteiger partial charge in [-0.05, 0) is 49.7 Å². The Bertz CT molecular complexity index is 1650. The lowest BCUT2D eigenvalue weighted by Gasteiger charge is -2.20. The molecule has 5 rings (SSSR count). The topological polar surface area (TPSA) is 113 Å². The zero-order valence-corrected chi connectivity index (χ0v) is 23.0. The van der Waals surface area contributed by atoms with Gasteiger partial charge in [-0.15, -0.1) is 11.3 Å². The smallest absolute Gasteiger partial charge is 0.268 e. The van der Waals surface area contributed by atoms with Crippen molar-refractivity contribution in [1.29, 1.82) is 0 Å². The zero-order chi connectivity index (χ0) is 27.7. The highest BCUT2D eigenvalue weighted by molar-refractivity contribution is 7.17. The van der Waals surface area contributed by atoms with E-state index in [1.165, 1.54) is 11.3 Å². The maximum Gasteiger partial charge on any atom is 0.268 e. The molecule has 0 aliphatic rings. The first-order valence-electron chi connectivity index (χ1n) is 12.4. The number of rotatable bonds is 8. The number of nitrogens with zero attached hydrogens (tertiary/aromatic N) is 4. The van der Waals surface area contributed by atoms with E-state index in [0.29, 0.717) is 39.7 Å². The van der Waals surface area contributed by atoms with Gasteiger partial charge in [0.05, 0.1) is 39.1 Å². The molecule has 0 saturated carbocycles. The number of carbonyl (C=O) groups is 2. The summed E-state index contributed by atoms with van der Waals surface area (Å²) in [5, 5.41) is 13.5. The van der Waals surface area contributed by atoms with Crippen LogP contribution >= 0.6 is 11.3 Å². The van der Waals surface area contributed by atoms with E-state index in [2.05, 4.69) is 15.3 Å². The van der Waals surface area contributed by atoms with E-state index in [1.54, 1.807) is 67.7 Å². The molecule has 3 aromatic heterocycles. The average Bonchev–Trinajstić information content (AvgIpc) is 3.62. The van der Waals surface area contributed by atoms with Gasteiger partial charge in [0.25, 0.3) is 11.8 Å². The van der Waals surface area contributed by atoms with Crippen molar-refractivity contribution in [1.82, 2.24) is 19.4 Å². The molecule has 2 aromatic carbocycles. The van der Waals surface area contributed by atoms with Gasteiger partial charge in [-0.3, -0.25) is 14.9 Å². The van der Waals surface area contributed by atoms with Crippen LogP contribution in [0.2, 0.25) is 0 Å². The van der Waals surface area contributed by atoms with Crippen LogP contribution < -0.4 is 5.32 Å². The highest BCUT2D eigenvalue weighted by Crippen LogP contribution is 2.30. The molecule has 5 aromatic rings. The molecular formula is C29H29N5O4S. The maximum atomic E-state index is 13.2. The van der Waals surface area contributed by atoms with Crippen LogP contribution in [0.25, 0.3) is 21.7 Å². The molecule has 2 N–H and O–H groups in total. The highest BCUT2D eigenvalue weighted by atomic mass is 32.1. The van der Waals surface area contributed by atoms with E-state index in [-0.39, 0.29) is 24.3 Å². The Labute approximate surface area is 229 Å². The van der Waals surface area contributed by atoms with Gasteiger partial charge in [0.15, 0.2) is 11.7 Å². The standard InChI is InChI=1S/C29H29N5O4S/c1-18-30-15-23(38-18)24-12-13-25(39-24)26(35)32-28-31-21-14-20(10-11-22(21)34(28)17-29(2,3)37)27(36)33(4)16-19-8-6-5-7-9-19/h5-15,37H,16-17H2,1-4H3,(H,31,32,35). The summed E-state index contributed by atoms with van der Waals surface area (Å²) in [4.78, 5) is 38.0. The number of thiophene rings is 1. The lowest BCUT2D eigenvalue weighted by molar-refractivity contribution is 0.0630. The molecule has 39 heavy (non-hydrogen) atoms. The van der Waals surface area contributed by atoms with Gasteiger partial charge < -0.3 is 19.0 Å². The Hall–Kier alpha value is -4.28. The number of aliphatic hydroxyl groups is 1. The molecule has 0 spiro atoms. The first-order chi connectivity index (χ1) is 18.6. The summed E-state index contributed by atoms with van der Waals surface area (Å²) in [6.07, 6.45) is 1.63. The highest BCUT2D eigenvalue weighted by Gasteiger charge is 2.23. The van der Waals surface area contributed by atoms with Crippen LogP contribution in [0.1, 0.15) is 45.3 Å². The number of aromatic nitrogens is 3. The predicted molar refractivity (Wildman–Crippen MR) is 151 cm³/mol. The number of carbonyl (C=O) groups excluding carboxylic acids is 2. The summed E-state index contributed by atoms with van der Waals surface area (Å²) in [7, 11) is 1.76. The van der Waals surface area contributed by atoms with Gasteiger partial charge in [-0.25, -0.2) is 9.97 Å². The van der Waals surface area contributed by atoms with Crippen LogP contribution in [0, 0.1) is 6.92 Å². The number of amides is 2. The monoisotopic (exact) mass is 543 g/mol. The molecule has 2 amide bonds. The Kier molecular flexibility index (Phi) is 7.07. The van der Waals surface area contributed by atoms with Gasteiger partial charge >= 0.3 is 0 Å². The Morgan fingerprint density at radius 3 is 2.59 bits per heavy atom. The second-order valence-corrected chi connectivity index (χ2v) is 11.1. The molecular weight excluding hydrogens is 514 g/mol. The fourth-order valence-corrected chi connectivity index (χ4v) is 5.13. The Morgan fingerprint density at radius 2 is 1.90 bits per heavy atom. The summed E-state index contributed by atoms with van der Waals surface area (Å²) < 4.78 is 7.32. The minimum absolute atomic E-state index is 0.142. The van der Waals surface area contributed by atoms with Gasteiger partial charge in [0, 0.05) is 26.1 Å². The Balaban J connectivity index is 1.42. The number of imidazole rings is 1. The number of anilines is 1. The third-order valence-electron chi connectivity index (χ3n) is 6.07. The molecule has 0 aliphatic carbocycles. The summed E-state index contributed by atoms with van der Waals surface area (Å²) in [5.41, 5.74) is 1.68. The third-order valence-corrected chi connectivity index (χ3v) is 7.17. The fraction of sp³-hybridized carbons (Fsp3) is 0.241. The van der Waals surface area contributed by atoms with Crippen molar-refractivity contribution in [3.8, 4) is 10.6 Å². The van der Waals surface area contributed by atoms with Crippen LogP contribution in [0.15, 0.2) is 71.3 Å². The van der Waals surface area contributed by atoms with Crippen molar-refractivity contribution >= 4 is 40.1 Å². The quantitative estimate of drug-likeness (QED) is 0.273. The molecule has 0 unspecified atom stereocenters. The van der Waals surface area contributed by atoms with Crippen molar-refractivity contribution in [2.75, 3.05) is 12.4 Å². The van der Waals surface area contributed by atoms with Crippen LogP contribution in [-0.4, -0.2) is 49.0 Å². The molecule has 3 heterocycles. The summed E-state index contributed by atoms with van der Waals surface area (Å²) in [5.74, 6) is 0.949. The van der Waals surface area contributed by atoms with Crippen molar-refractivity contribution < 1.29 is 19.1 Å². The Morgan fingerprint density at radius 1 is 1.13 bits per heavy atom. The van der Waals surface area contributed by atoms with Crippen molar-refractivity contribution in [2.24, 2.45) is 0 Å². The van der Waals surface area contributed by atoms with E-state index in [0.717, 1.165) is 10.4 Å². The lowest BCUT2D eigenvalue weighted by atomic mass is 10.1. The van der Waals surface area contributed by atoms with Crippen LogP contribution in [0.4, 0.5) is 5.95 Å². The van der Waals surface area contributed by atoms with E-state index in [4.69, 9.17) is 4.42 Å². The van der Waals surface area contributed by atoms with E-state index >= 15 is 0 Å². The number of aryl methyl sites for hydroxylation is 1. The number of hydrogen-bond acceptors (Lipinski definition) is 7. The van der Waals surface area contributed by atoms with E-state index < -0.39 is 5.60 Å². The van der Waals surface area contributed by atoms with E-state index in [1.807, 2.05) is 36.4 Å². The van der Waals surface area contributed by atoms with Crippen molar-refractivity contribution in [3.05, 3.63) is 88.8 Å². The zero-order valence-electron chi connectivity index (χ0n) is 22.1. The molecule has 0 bridgehead atoms. The second-order valence-electron chi connectivity index (χ2n) is 10.0. The molecule has 0 saturated heterocycles. The average molecular weight is 544 g/mol.